The van der Waals surface area contributed by atoms with E-state index in [-0.39, 0.29) is 0 Å². The molecule has 0 bridgehead atoms. The number of hydrogen-bond acceptors (Lipinski definition) is 5. The molecule has 3 aliphatic rings. The van der Waals surface area contributed by atoms with Crippen molar-refractivity contribution in [2.24, 2.45) is 5.41 Å². The average Bonchev–Trinajstić information content (AvgIpc) is 3.17. The maximum Gasteiger partial charge on any atom is 0.154 e. The molecule has 1 saturated carbocycles. The summed E-state index contributed by atoms with van der Waals surface area (Å²) in [4.78, 5) is 9.36. The molecular weight excluding hydrogens is 314 g/mol. The highest BCUT2D eigenvalue weighted by molar-refractivity contribution is 5.32. The van der Waals surface area contributed by atoms with Gasteiger partial charge in [0, 0.05) is 31.2 Å². The zero-order chi connectivity index (χ0) is 16.7. The molecule has 0 amide bonds. The van der Waals surface area contributed by atoms with Gasteiger partial charge < -0.3 is 10.1 Å². The van der Waals surface area contributed by atoms with Gasteiger partial charge in [0.2, 0.25) is 0 Å². The maximum atomic E-state index is 5.51. The molecule has 5 rings (SSSR count). The molecule has 2 aromatic heterocycles. The van der Waals surface area contributed by atoms with Gasteiger partial charge >= 0.3 is 0 Å². The second kappa shape index (κ2) is 6.18. The predicted molar refractivity (Wildman–Crippen MR) is 93.8 cm³/mol. The molecule has 1 atom stereocenters. The van der Waals surface area contributed by atoms with E-state index in [0.717, 1.165) is 56.5 Å². The molecule has 2 aliphatic heterocycles. The van der Waals surface area contributed by atoms with Crippen LogP contribution < -0.4 is 5.32 Å². The predicted octanol–water partition coefficient (Wildman–Crippen LogP) is 2.41. The summed E-state index contributed by atoms with van der Waals surface area (Å²) in [5.74, 6) is 3.11. The van der Waals surface area contributed by atoms with Crippen LogP contribution in [0.3, 0.4) is 0 Å². The maximum absolute atomic E-state index is 5.51. The molecule has 0 radical (unpaired) electrons. The third-order valence-corrected chi connectivity index (χ3v) is 6.23. The van der Waals surface area contributed by atoms with Gasteiger partial charge in [0.05, 0.1) is 11.9 Å². The molecule has 6 nitrogen and oxygen atoms in total. The van der Waals surface area contributed by atoms with Gasteiger partial charge in [-0.3, -0.25) is 4.98 Å². The van der Waals surface area contributed by atoms with Crippen molar-refractivity contribution in [1.82, 2.24) is 25.1 Å². The number of piperidine rings is 1. The highest BCUT2D eigenvalue weighted by Crippen LogP contribution is 2.64. The Morgan fingerprint density at radius 2 is 2.04 bits per heavy atom. The van der Waals surface area contributed by atoms with E-state index in [1.54, 1.807) is 0 Å². The quantitative estimate of drug-likeness (QED) is 0.930. The van der Waals surface area contributed by atoms with Crippen molar-refractivity contribution in [1.29, 1.82) is 0 Å². The van der Waals surface area contributed by atoms with Gasteiger partial charge in [0.25, 0.3) is 0 Å². The second-order valence-corrected chi connectivity index (χ2v) is 7.71. The number of ether oxygens (including phenoxy) is 1. The van der Waals surface area contributed by atoms with Crippen LogP contribution in [0.15, 0.2) is 24.5 Å². The molecule has 25 heavy (non-hydrogen) atoms. The van der Waals surface area contributed by atoms with Gasteiger partial charge in [-0.25, -0.2) is 9.67 Å². The summed E-state index contributed by atoms with van der Waals surface area (Å²) in [6, 6.07) is 4.05. The van der Waals surface area contributed by atoms with Crippen LogP contribution in [0.5, 0.6) is 0 Å². The van der Waals surface area contributed by atoms with E-state index in [0.29, 0.717) is 17.3 Å². The van der Waals surface area contributed by atoms with Gasteiger partial charge in [0.15, 0.2) is 5.82 Å². The lowest BCUT2D eigenvalue weighted by atomic mass is 9.91. The Hall–Kier alpha value is -1.79. The zero-order valence-corrected chi connectivity index (χ0v) is 14.5. The highest BCUT2D eigenvalue weighted by atomic mass is 16.5. The summed E-state index contributed by atoms with van der Waals surface area (Å²) in [6.45, 7) is 3.90. The molecule has 0 aromatic carbocycles. The first-order valence-corrected chi connectivity index (χ1v) is 9.51. The van der Waals surface area contributed by atoms with Crippen LogP contribution >= 0.6 is 0 Å². The normalized spacial score (nSPS) is 26.0. The van der Waals surface area contributed by atoms with Gasteiger partial charge in [-0.1, -0.05) is 0 Å². The molecule has 4 heterocycles. The SMILES string of the molecule is c1cncc(-n2nc(C3CCOCC3)nc2[C@H]2CC23CCNCC3)c1. The third kappa shape index (κ3) is 2.77. The average molecular weight is 339 g/mol. The van der Waals surface area contributed by atoms with E-state index < -0.39 is 0 Å². The molecule has 6 heteroatoms. The molecule has 3 fully saturated rings. The lowest BCUT2D eigenvalue weighted by Crippen LogP contribution is -2.29. The summed E-state index contributed by atoms with van der Waals surface area (Å²) >= 11 is 0. The number of hydrogen-bond donors (Lipinski definition) is 1. The molecular formula is C19H25N5O. The van der Waals surface area contributed by atoms with E-state index in [1.807, 2.05) is 18.5 Å². The summed E-state index contributed by atoms with van der Waals surface area (Å²) < 4.78 is 7.58. The lowest BCUT2D eigenvalue weighted by Gasteiger charge is -2.23. The highest BCUT2D eigenvalue weighted by Gasteiger charge is 2.57. The molecule has 1 N–H and O–H groups in total. The fraction of sp³-hybridized carbons (Fsp3) is 0.632. The molecule has 1 aliphatic carbocycles. The van der Waals surface area contributed by atoms with Crippen molar-refractivity contribution in [2.75, 3.05) is 26.3 Å². The van der Waals surface area contributed by atoms with Crippen LogP contribution in [0.4, 0.5) is 0 Å². The number of nitrogens with one attached hydrogen (secondary N) is 1. The second-order valence-electron chi connectivity index (χ2n) is 7.71. The monoisotopic (exact) mass is 339 g/mol. The molecule has 2 aromatic rings. The Balaban J connectivity index is 1.51. The fourth-order valence-electron chi connectivity index (χ4n) is 4.55. The van der Waals surface area contributed by atoms with Crippen molar-refractivity contribution in [2.45, 2.75) is 43.9 Å². The van der Waals surface area contributed by atoms with Crippen molar-refractivity contribution in [3.05, 3.63) is 36.2 Å². The standard InChI is InChI=1S/C19H25N5O/c1-2-15(13-21-7-1)24-18(16-12-19(16)5-8-20-9-6-19)22-17(23-24)14-3-10-25-11-4-14/h1-2,7,13-14,16,20H,3-6,8-12H2/t16-/m1/s1. The summed E-state index contributed by atoms with van der Waals surface area (Å²) in [6.07, 6.45) is 9.51. The molecule has 2 saturated heterocycles. The van der Waals surface area contributed by atoms with E-state index in [2.05, 4.69) is 21.0 Å². The van der Waals surface area contributed by atoms with Crippen molar-refractivity contribution < 1.29 is 4.74 Å². The minimum absolute atomic E-state index is 0.424. The van der Waals surface area contributed by atoms with Crippen molar-refractivity contribution in [3.63, 3.8) is 0 Å². The Morgan fingerprint density at radius 3 is 2.80 bits per heavy atom. The van der Waals surface area contributed by atoms with Crippen molar-refractivity contribution >= 4 is 0 Å². The number of aromatic nitrogens is 4. The van der Waals surface area contributed by atoms with Gasteiger partial charge in [-0.2, -0.15) is 5.10 Å². The summed E-state index contributed by atoms with van der Waals surface area (Å²) in [7, 11) is 0. The minimum atomic E-state index is 0.424. The molecule has 132 valence electrons. The van der Waals surface area contributed by atoms with Crippen LogP contribution in [0.25, 0.3) is 5.69 Å². The van der Waals surface area contributed by atoms with Gasteiger partial charge in [0.1, 0.15) is 5.82 Å². The number of pyridine rings is 1. The molecule has 0 unspecified atom stereocenters. The van der Waals surface area contributed by atoms with E-state index in [9.17, 15) is 0 Å². The van der Waals surface area contributed by atoms with E-state index >= 15 is 0 Å². The van der Waals surface area contributed by atoms with Gasteiger partial charge in [-0.05, 0) is 62.7 Å². The van der Waals surface area contributed by atoms with Crippen LogP contribution in [-0.2, 0) is 4.74 Å². The Morgan fingerprint density at radius 1 is 1.20 bits per heavy atom. The minimum Gasteiger partial charge on any atom is -0.381 e. The fourth-order valence-corrected chi connectivity index (χ4v) is 4.55. The van der Waals surface area contributed by atoms with Crippen LogP contribution in [0, 0.1) is 5.41 Å². The van der Waals surface area contributed by atoms with E-state index in [1.165, 1.54) is 19.3 Å². The lowest BCUT2D eigenvalue weighted by molar-refractivity contribution is 0.0836. The smallest absolute Gasteiger partial charge is 0.154 e. The third-order valence-electron chi connectivity index (χ3n) is 6.23. The van der Waals surface area contributed by atoms with Crippen LogP contribution in [-0.4, -0.2) is 46.1 Å². The summed E-state index contributed by atoms with van der Waals surface area (Å²) in [5, 5.41) is 8.43. The Kier molecular flexibility index (Phi) is 3.82. The first kappa shape index (κ1) is 15.5. The molecule has 1 spiro atoms. The van der Waals surface area contributed by atoms with Crippen LogP contribution in [0.2, 0.25) is 0 Å². The Bertz CT molecular complexity index is 732. The first-order valence-electron chi connectivity index (χ1n) is 9.51. The number of nitrogens with zero attached hydrogens (tertiary/aromatic N) is 4. The first-order chi connectivity index (χ1) is 12.4. The summed E-state index contributed by atoms with van der Waals surface area (Å²) in [5.41, 5.74) is 1.48. The topological polar surface area (TPSA) is 64.9 Å². The van der Waals surface area contributed by atoms with E-state index in [4.69, 9.17) is 14.8 Å². The van der Waals surface area contributed by atoms with Crippen LogP contribution in [0.1, 0.15) is 55.6 Å². The number of rotatable bonds is 3. The largest absolute Gasteiger partial charge is 0.381 e. The zero-order valence-electron chi connectivity index (χ0n) is 14.5. The van der Waals surface area contributed by atoms with Crippen molar-refractivity contribution in [3.8, 4) is 5.69 Å². The Labute approximate surface area is 148 Å². The van der Waals surface area contributed by atoms with Gasteiger partial charge in [-0.15, -0.1) is 0 Å².